The molecule has 0 unspecified atom stereocenters. The molecule has 4 rings (SSSR count). The summed E-state index contributed by atoms with van der Waals surface area (Å²) < 4.78 is 27.7. The van der Waals surface area contributed by atoms with Gasteiger partial charge in [0.1, 0.15) is 23.2 Å². The van der Waals surface area contributed by atoms with Gasteiger partial charge in [-0.15, -0.1) is 0 Å². The Labute approximate surface area is 169 Å². The molecule has 0 bridgehead atoms. The average molecular weight is 411 g/mol. The molecular formula is C19H21N7O2S. The predicted molar refractivity (Wildman–Crippen MR) is 109 cm³/mol. The second-order valence-electron chi connectivity index (χ2n) is 6.91. The molecule has 0 spiro atoms. The zero-order valence-corrected chi connectivity index (χ0v) is 16.8. The number of anilines is 1. The summed E-state index contributed by atoms with van der Waals surface area (Å²) in [5, 5.41) is 12.5. The highest BCUT2D eigenvalue weighted by Crippen LogP contribution is 2.21. The van der Waals surface area contributed by atoms with E-state index in [1.807, 2.05) is 0 Å². The number of hydrogen-bond acceptors (Lipinski definition) is 7. The zero-order chi connectivity index (χ0) is 20.4. The van der Waals surface area contributed by atoms with E-state index in [2.05, 4.69) is 26.3 Å². The molecule has 1 N–H and O–H groups in total. The molecule has 1 aliphatic rings. The van der Waals surface area contributed by atoms with Gasteiger partial charge in [-0.25, -0.2) is 23.4 Å². The number of pyridine rings is 1. The fraction of sp³-hybridized carbons (Fsp3) is 0.368. The molecule has 3 aromatic rings. The highest BCUT2D eigenvalue weighted by Gasteiger charge is 2.27. The van der Waals surface area contributed by atoms with Crippen LogP contribution in [0.1, 0.15) is 25.3 Å². The molecule has 0 radical (unpaired) electrons. The maximum absolute atomic E-state index is 12.2. The third kappa shape index (κ3) is 3.92. The van der Waals surface area contributed by atoms with Crippen molar-refractivity contribution in [3.05, 3.63) is 42.4 Å². The van der Waals surface area contributed by atoms with Crippen LogP contribution in [0.3, 0.4) is 0 Å². The summed E-state index contributed by atoms with van der Waals surface area (Å²) in [5.41, 5.74) is 1.90. The minimum Gasteiger partial charge on any atom is -0.366 e. The number of piperidine rings is 1. The van der Waals surface area contributed by atoms with E-state index in [-0.39, 0.29) is 11.8 Å². The van der Waals surface area contributed by atoms with Crippen molar-refractivity contribution in [1.82, 2.24) is 23.7 Å². The highest BCUT2D eigenvalue weighted by atomic mass is 32.2. The van der Waals surface area contributed by atoms with E-state index in [9.17, 15) is 8.42 Å². The number of aromatic nitrogens is 4. The summed E-state index contributed by atoms with van der Waals surface area (Å²) in [6.07, 6.45) is 6.71. The number of nitriles is 1. The Morgan fingerprint density at radius 2 is 2.17 bits per heavy atom. The van der Waals surface area contributed by atoms with Crippen molar-refractivity contribution in [3.63, 3.8) is 0 Å². The smallest absolute Gasteiger partial charge is 0.213 e. The lowest BCUT2D eigenvalue weighted by Crippen LogP contribution is -2.45. The van der Waals surface area contributed by atoms with Crippen LogP contribution in [0.4, 0.5) is 5.82 Å². The second-order valence-corrected chi connectivity index (χ2v) is 9.17. The van der Waals surface area contributed by atoms with Gasteiger partial charge in [0, 0.05) is 31.5 Å². The van der Waals surface area contributed by atoms with E-state index in [0.717, 1.165) is 12.8 Å². The molecule has 1 saturated heterocycles. The first-order valence-electron chi connectivity index (χ1n) is 9.45. The molecule has 1 fully saturated rings. The Morgan fingerprint density at radius 3 is 2.97 bits per heavy atom. The van der Waals surface area contributed by atoms with Crippen LogP contribution in [0.2, 0.25) is 0 Å². The number of nitrogens with zero attached hydrogens (tertiary/aromatic N) is 6. The molecule has 0 aliphatic carbocycles. The summed E-state index contributed by atoms with van der Waals surface area (Å²) in [6, 6.07) is 7.35. The van der Waals surface area contributed by atoms with E-state index in [1.54, 1.807) is 52.4 Å². The standard InChI is InChI=1S/C19H21N7O2S/c1-2-29(27,28)25-9-3-4-15(13-25)23-17-7-8-21-19(24-17)16-11-22-18-6-5-14(10-20)12-26(16)18/h5-8,11-12,15H,2-4,9,13H2,1H3,(H,21,23,24)/t15-/m1/s1. The van der Waals surface area contributed by atoms with Crippen molar-refractivity contribution in [2.24, 2.45) is 0 Å². The van der Waals surface area contributed by atoms with Crippen LogP contribution < -0.4 is 5.32 Å². The molecule has 1 aliphatic heterocycles. The lowest BCUT2D eigenvalue weighted by molar-refractivity contribution is 0.327. The lowest BCUT2D eigenvalue weighted by atomic mass is 10.1. The monoisotopic (exact) mass is 411 g/mol. The van der Waals surface area contributed by atoms with Crippen LogP contribution in [0.15, 0.2) is 36.8 Å². The number of sulfonamides is 1. The summed E-state index contributed by atoms with van der Waals surface area (Å²) in [7, 11) is -3.20. The van der Waals surface area contributed by atoms with Gasteiger partial charge in [-0.3, -0.25) is 4.40 Å². The quantitative estimate of drug-likeness (QED) is 0.681. The highest BCUT2D eigenvalue weighted by molar-refractivity contribution is 7.89. The molecule has 29 heavy (non-hydrogen) atoms. The molecule has 0 saturated carbocycles. The van der Waals surface area contributed by atoms with Crippen molar-refractivity contribution >= 4 is 21.5 Å². The van der Waals surface area contributed by atoms with E-state index in [0.29, 0.717) is 41.6 Å². The Balaban J connectivity index is 1.58. The second kappa shape index (κ2) is 7.77. The molecule has 1 atom stereocenters. The molecule has 0 amide bonds. The first-order valence-corrected chi connectivity index (χ1v) is 11.1. The summed E-state index contributed by atoms with van der Waals surface area (Å²) in [4.78, 5) is 13.3. The first-order chi connectivity index (χ1) is 14.0. The molecular weight excluding hydrogens is 390 g/mol. The molecule has 4 heterocycles. The van der Waals surface area contributed by atoms with Gasteiger partial charge < -0.3 is 5.32 Å². The third-order valence-electron chi connectivity index (χ3n) is 5.01. The largest absolute Gasteiger partial charge is 0.366 e. The van der Waals surface area contributed by atoms with Gasteiger partial charge in [-0.2, -0.15) is 9.57 Å². The topological polar surface area (TPSA) is 116 Å². The van der Waals surface area contributed by atoms with E-state index in [4.69, 9.17) is 5.26 Å². The average Bonchev–Trinajstić information content (AvgIpc) is 3.17. The number of hydrogen-bond donors (Lipinski definition) is 1. The van der Waals surface area contributed by atoms with Gasteiger partial charge in [-0.05, 0) is 38.0 Å². The van der Waals surface area contributed by atoms with Crippen molar-refractivity contribution in [3.8, 4) is 17.6 Å². The molecule has 150 valence electrons. The minimum absolute atomic E-state index is 0.0137. The SMILES string of the molecule is CCS(=O)(=O)N1CCC[C@@H](Nc2ccnc(-c3cnc4ccc(C#N)cn34)n2)C1. The van der Waals surface area contributed by atoms with Crippen LogP contribution in [-0.4, -0.2) is 57.0 Å². The number of fused-ring (bicyclic) bond motifs is 1. The first kappa shape index (κ1) is 19.3. The molecule has 9 nitrogen and oxygen atoms in total. The van der Waals surface area contributed by atoms with Gasteiger partial charge in [0.05, 0.1) is 17.5 Å². The minimum atomic E-state index is -3.20. The van der Waals surface area contributed by atoms with Gasteiger partial charge in [0.2, 0.25) is 10.0 Å². The van der Waals surface area contributed by atoms with Crippen LogP contribution >= 0.6 is 0 Å². The van der Waals surface area contributed by atoms with E-state index < -0.39 is 10.0 Å². The summed E-state index contributed by atoms with van der Waals surface area (Å²) >= 11 is 0. The Hall–Kier alpha value is -3.03. The maximum Gasteiger partial charge on any atom is 0.213 e. The van der Waals surface area contributed by atoms with Crippen molar-refractivity contribution in [1.29, 1.82) is 5.26 Å². The maximum atomic E-state index is 12.2. The van der Waals surface area contributed by atoms with E-state index >= 15 is 0 Å². The molecule has 0 aromatic carbocycles. The van der Waals surface area contributed by atoms with Crippen molar-refractivity contribution in [2.75, 3.05) is 24.2 Å². The van der Waals surface area contributed by atoms with Gasteiger partial charge >= 0.3 is 0 Å². The Bertz CT molecular complexity index is 1180. The van der Waals surface area contributed by atoms with Crippen LogP contribution in [0.25, 0.3) is 17.2 Å². The number of imidazole rings is 1. The molecule has 3 aromatic heterocycles. The zero-order valence-electron chi connectivity index (χ0n) is 16.0. The fourth-order valence-electron chi connectivity index (χ4n) is 3.48. The van der Waals surface area contributed by atoms with Gasteiger partial charge in [0.25, 0.3) is 0 Å². The van der Waals surface area contributed by atoms with Crippen molar-refractivity contribution < 1.29 is 8.42 Å². The van der Waals surface area contributed by atoms with Gasteiger partial charge in [0.15, 0.2) is 5.82 Å². The van der Waals surface area contributed by atoms with Crippen LogP contribution in [0, 0.1) is 11.3 Å². The van der Waals surface area contributed by atoms with Crippen molar-refractivity contribution in [2.45, 2.75) is 25.8 Å². The summed E-state index contributed by atoms with van der Waals surface area (Å²) in [5.74, 6) is 1.21. The fourth-order valence-corrected chi connectivity index (χ4v) is 4.66. The number of rotatable bonds is 5. The molecule has 10 heteroatoms. The Kier molecular flexibility index (Phi) is 5.17. The summed E-state index contributed by atoms with van der Waals surface area (Å²) in [6.45, 7) is 2.65. The lowest BCUT2D eigenvalue weighted by Gasteiger charge is -2.32. The predicted octanol–water partition coefficient (Wildman–Crippen LogP) is 1.89. The van der Waals surface area contributed by atoms with E-state index in [1.165, 1.54) is 0 Å². The number of nitrogens with one attached hydrogen (secondary N) is 1. The Morgan fingerprint density at radius 1 is 1.31 bits per heavy atom. The third-order valence-corrected chi connectivity index (χ3v) is 6.86. The normalized spacial score (nSPS) is 17.9. The van der Waals surface area contributed by atoms with Crippen LogP contribution in [-0.2, 0) is 10.0 Å². The van der Waals surface area contributed by atoms with Crippen LogP contribution in [0.5, 0.6) is 0 Å². The van der Waals surface area contributed by atoms with Gasteiger partial charge in [-0.1, -0.05) is 0 Å².